The predicted octanol–water partition coefficient (Wildman–Crippen LogP) is 0.989. The zero-order valence-electron chi connectivity index (χ0n) is 11.8. The lowest BCUT2D eigenvalue weighted by Crippen LogP contribution is -2.55. The largest absolute Gasteiger partial charge is 0.389 e. The lowest BCUT2D eigenvalue weighted by atomic mass is 9.82. The molecular weight excluding hydrogens is 228 g/mol. The highest BCUT2D eigenvalue weighted by Crippen LogP contribution is 2.32. The highest BCUT2D eigenvalue weighted by atomic mass is 16.5. The van der Waals surface area contributed by atoms with E-state index in [-0.39, 0.29) is 6.10 Å². The van der Waals surface area contributed by atoms with Gasteiger partial charge in [-0.2, -0.15) is 0 Å². The molecule has 3 unspecified atom stereocenters. The van der Waals surface area contributed by atoms with Gasteiger partial charge in [0.15, 0.2) is 0 Å². The molecule has 0 radical (unpaired) electrons. The van der Waals surface area contributed by atoms with Gasteiger partial charge in [0.2, 0.25) is 0 Å². The fraction of sp³-hybridized carbons (Fsp3) is 1.00. The topological polar surface area (TPSA) is 44.7 Å². The van der Waals surface area contributed by atoms with Gasteiger partial charge in [0.1, 0.15) is 0 Å². The van der Waals surface area contributed by atoms with E-state index in [1.165, 1.54) is 32.1 Å². The minimum atomic E-state index is -0.371. The Kier molecular flexibility index (Phi) is 5.42. The molecule has 2 N–H and O–H groups in total. The van der Waals surface area contributed by atoms with E-state index in [0.29, 0.717) is 25.8 Å². The average Bonchev–Trinajstić information content (AvgIpc) is 2.34. The summed E-state index contributed by atoms with van der Waals surface area (Å²) < 4.78 is 5.23. The van der Waals surface area contributed by atoms with Gasteiger partial charge in [-0.05, 0) is 39.7 Å². The monoisotopic (exact) mass is 256 g/mol. The standard InChI is InChI=1S/C14H28N2O2/c1-3-18-10-14(17)9-15-11-7-12-5-4-6-13(8-11)16(12)2/h11-15,17H,3-10H2,1-2H3. The zero-order chi connectivity index (χ0) is 13.0. The molecule has 2 rings (SSSR count). The molecule has 106 valence electrons. The van der Waals surface area contributed by atoms with Crippen molar-refractivity contribution in [2.24, 2.45) is 0 Å². The maximum absolute atomic E-state index is 9.77. The van der Waals surface area contributed by atoms with Gasteiger partial charge in [-0.15, -0.1) is 0 Å². The third kappa shape index (κ3) is 3.67. The van der Waals surface area contributed by atoms with Crippen LogP contribution in [-0.4, -0.2) is 61.0 Å². The second-order valence-corrected chi connectivity index (χ2v) is 5.79. The Morgan fingerprint density at radius 3 is 2.61 bits per heavy atom. The van der Waals surface area contributed by atoms with E-state index in [2.05, 4.69) is 17.3 Å². The van der Waals surface area contributed by atoms with Gasteiger partial charge in [-0.3, -0.25) is 0 Å². The lowest BCUT2D eigenvalue weighted by Gasteiger charge is -2.47. The number of nitrogens with one attached hydrogen (secondary N) is 1. The van der Waals surface area contributed by atoms with Gasteiger partial charge < -0.3 is 20.1 Å². The number of piperidine rings is 2. The molecule has 0 aromatic rings. The van der Waals surface area contributed by atoms with Gasteiger partial charge >= 0.3 is 0 Å². The number of aliphatic hydroxyl groups excluding tert-OH is 1. The Bertz CT molecular complexity index is 236. The van der Waals surface area contributed by atoms with Crippen LogP contribution in [0.25, 0.3) is 0 Å². The molecule has 0 amide bonds. The maximum atomic E-state index is 9.77. The maximum Gasteiger partial charge on any atom is 0.0897 e. The van der Waals surface area contributed by atoms with E-state index in [4.69, 9.17) is 4.74 Å². The normalized spacial score (nSPS) is 34.5. The van der Waals surface area contributed by atoms with Crippen molar-refractivity contribution in [2.45, 2.75) is 63.3 Å². The first-order valence-corrected chi connectivity index (χ1v) is 7.41. The van der Waals surface area contributed by atoms with Crippen molar-refractivity contribution < 1.29 is 9.84 Å². The average molecular weight is 256 g/mol. The van der Waals surface area contributed by atoms with Gasteiger partial charge in [-0.1, -0.05) is 6.42 Å². The predicted molar refractivity (Wildman–Crippen MR) is 72.7 cm³/mol. The highest BCUT2D eigenvalue weighted by molar-refractivity contribution is 4.93. The first-order valence-electron chi connectivity index (χ1n) is 7.41. The molecule has 2 heterocycles. The molecule has 2 saturated heterocycles. The smallest absolute Gasteiger partial charge is 0.0897 e. The molecule has 2 aliphatic rings. The van der Waals surface area contributed by atoms with Gasteiger partial charge in [-0.25, -0.2) is 0 Å². The summed E-state index contributed by atoms with van der Waals surface area (Å²) in [4.78, 5) is 2.57. The van der Waals surface area contributed by atoms with Gasteiger partial charge in [0.25, 0.3) is 0 Å². The van der Waals surface area contributed by atoms with Crippen LogP contribution in [0.15, 0.2) is 0 Å². The SMILES string of the molecule is CCOCC(O)CNC1CC2CCCC(C1)N2C. The minimum Gasteiger partial charge on any atom is -0.389 e. The van der Waals surface area contributed by atoms with E-state index in [9.17, 15) is 5.11 Å². The first kappa shape index (κ1) is 14.3. The van der Waals surface area contributed by atoms with Gasteiger partial charge in [0, 0.05) is 31.3 Å². The van der Waals surface area contributed by atoms with E-state index >= 15 is 0 Å². The number of fused-ring (bicyclic) bond motifs is 2. The summed E-state index contributed by atoms with van der Waals surface area (Å²) in [6.45, 7) is 3.74. The molecule has 0 aliphatic carbocycles. The van der Waals surface area contributed by atoms with Crippen molar-refractivity contribution in [2.75, 3.05) is 26.8 Å². The van der Waals surface area contributed by atoms with E-state index in [1.807, 2.05) is 6.92 Å². The third-order valence-corrected chi connectivity index (χ3v) is 4.50. The molecule has 18 heavy (non-hydrogen) atoms. The van der Waals surface area contributed by atoms with Crippen LogP contribution in [0.4, 0.5) is 0 Å². The van der Waals surface area contributed by atoms with Crippen LogP contribution < -0.4 is 5.32 Å². The van der Waals surface area contributed by atoms with Crippen molar-refractivity contribution in [3.05, 3.63) is 0 Å². The molecule has 2 fully saturated rings. The highest BCUT2D eigenvalue weighted by Gasteiger charge is 2.35. The fourth-order valence-electron chi connectivity index (χ4n) is 3.40. The van der Waals surface area contributed by atoms with Crippen LogP contribution in [0.3, 0.4) is 0 Å². The summed E-state index contributed by atoms with van der Waals surface area (Å²) >= 11 is 0. The third-order valence-electron chi connectivity index (χ3n) is 4.50. The van der Waals surface area contributed by atoms with Crippen LogP contribution in [0, 0.1) is 0 Å². The summed E-state index contributed by atoms with van der Waals surface area (Å²) in [5, 5.41) is 13.3. The summed E-state index contributed by atoms with van der Waals surface area (Å²) in [5.41, 5.74) is 0. The van der Waals surface area contributed by atoms with E-state index in [0.717, 1.165) is 12.1 Å². The number of hydrogen-bond acceptors (Lipinski definition) is 4. The zero-order valence-corrected chi connectivity index (χ0v) is 11.8. The fourth-order valence-corrected chi connectivity index (χ4v) is 3.40. The minimum absolute atomic E-state index is 0.371. The molecular formula is C14H28N2O2. The molecule has 0 spiro atoms. The number of ether oxygens (including phenoxy) is 1. The molecule has 0 saturated carbocycles. The van der Waals surface area contributed by atoms with Crippen LogP contribution in [0.5, 0.6) is 0 Å². The summed E-state index contributed by atoms with van der Waals surface area (Å²) in [6.07, 6.45) is 6.16. The summed E-state index contributed by atoms with van der Waals surface area (Å²) in [5.74, 6) is 0. The molecule has 2 aliphatic heterocycles. The second-order valence-electron chi connectivity index (χ2n) is 5.79. The molecule has 3 atom stereocenters. The van der Waals surface area contributed by atoms with Crippen molar-refractivity contribution >= 4 is 0 Å². The Labute approximate surface area is 111 Å². The van der Waals surface area contributed by atoms with Crippen LogP contribution >= 0.6 is 0 Å². The Morgan fingerprint density at radius 1 is 1.33 bits per heavy atom. The van der Waals surface area contributed by atoms with Crippen molar-refractivity contribution in [3.8, 4) is 0 Å². The Balaban J connectivity index is 1.71. The summed E-state index contributed by atoms with van der Waals surface area (Å²) in [6, 6.07) is 2.07. The number of hydrogen-bond donors (Lipinski definition) is 2. The molecule has 4 nitrogen and oxygen atoms in total. The van der Waals surface area contributed by atoms with Crippen LogP contribution in [-0.2, 0) is 4.74 Å². The van der Waals surface area contributed by atoms with Crippen molar-refractivity contribution in [1.82, 2.24) is 10.2 Å². The molecule has 0 aromatic carbocycles. The second kappa shape index (κ2) is 6.85. The Hall–Kier alpha value is -0.160. The number of rotatable bonds is 6. The van der Waals surface area contributed by atoms with Crippen LogP contribution in [0.2, 0.25) is 0 Å². The Morgan fingerprint density at radius 2 is 2.00 bits per heavy atom. The number of nitrogens with zero attached hydrogens (tertiary/aromatic N) is 1. The van der Waals surface area contributed by atoms with Gasteiger partial charge in [0.05, 0.1) is 12.7 Å². The van der Waals surface area contributed by atoms with E-state index < -0.39 is 0 Å². The lowest BCUT2D eigenvalue weighted by molar-refractivity contribution is 0.0265. The van der Waals surface area contributed by atoms with E-state index in [1.54, 1.807) is 0 Å². The van der Waals surface area contributed by atoms with Crippen molar-refractivity contribution in [1.29, 1.82) is 0 Å². The quantitative estimate of drug-likeness (QED) is 0.744. The molecule has 0 aromatic heterocycles. The van der Waals surface area contributed by atoms with Crippen molar-refractivity contribution in [3.63, 3.8) is 0 Å². The number of aliphatic hydroxyl groups is 1. The molecule has 4 heteroatoms. The first-order chi connectivity index (χ1) is 8.70. The molecule has 2 bridgehead atoms. The summed E-state index contributed by atoms with van der Waals surface area (Å²) in [7, 11) is 2.27. The van der Waals surface area contributed by atoms with Crippen LogP contribution in [0.1, 0.15) is 39.0 Å².